The molecule has 398 valence electrons. The van der Waals surface area contributed by atoms with Gasteiger partial charge in [0.25, 0.3) is 24.2 Å². The second-order valence-corrected chi connectivity index (χ2v) is 20.6. The van der Waals surface area contributed by atoms with Gasteiger partial charge in [-0.3, -0.25) is 24.2 Å². The van der Waals surface area contributed by atoms with E-state index in [1.807, 2.05) is 13.1 Å². The van der Waals surface area contributed by atoms with Gasteiger partial charge in [0.2, 0.25) is 0 Å². The zero-order valence-corrected chi connectivity index (χ0v) is 42.0. The highest BCUT2D eigenvalue weighted by Crippen LogP contribution is 2.40. The van der Waals surface area contributed by atoms with Crippen LogP contribution in [0.3, 0.4) is 0 Å². The summed E-state index contributed by atoms with van der Waals surface area (Å²) >= 11 is 6.24. The number of halogens is 3. The summed E-state index contributed by atoms with van der Waals surface area (Å²) in [6, 6.07) is 6.91. The third kappa shape index (κ3) is 11.2. The number of cyclic esters (lactones) is 1. The molecule has 3 aromatic heterocycles. The minimum Gasteiger partial charge on any atom is -0.492 e. The fourth-order valence-electron chi connectivity index (χ4n) is 10.6. The molecule has 3 aliphatic carbocycles. The molecule has 0 bridgehead atoms. The van der Waals surface area contributed by atoms with E-state index in [0.717, 1.165) is 55.6 Å². The Labute approximate surface area is 434 Å². The first-order valence-corrected chi connectivity index (χ1v) is 25.1. The zero-order valence-electron chi connectivity index (χ0n) is 41.2. The van der Waals surface area contributed by atoms with Crippen LogP contribution in [0.15, 0.2) is 30.5 Å². The van der Waals surface area contributed by atoms with E-state index in [9.17, 15) is 28.0 Å². The number of likely N-dealkylation sites (N-methyl/N-ethyl adjacent to an activating group) is 1. The lowest BCUT2D eigenvalue weighted by Crippen LogP contribution is -2.48. The molecule has 5 aliphatic heterocycles. The maximum absolute atomic E-state index is 14.8. The van der Waals surface area contributed by atoms with E-state index in [1.54, 1.807) is 19.1 Å². The van der Waals surface area contributed by atoms with Gasteiger partial charge in [0.15, 0.2) is 36.4 Å². The van der Waals surface area contributed by atoms with Gasteiger partial charge in [-0.05, 0) is 105 Å². The van der Waals surface area contributed by atoms with Crippen molar-refractivity contribution >= 4 is 65.3 Å². The summed E-state index contributed by atoms with van der Waals surface area (Å²) in [5.41, 5.74) is 8.85. The van der Waals surface area contributed by atoms with E-state index in [1.165, 1.54) is 22.1 Å². The Kier molecular flexibility index (Phi) is 14.4. The minimum atomic E-state index is -0.593. The Balaban J connectivity index is 0.000000165. The van der Waals surface area contributed by atoms with Crippen LogP contribution in [0.25, 0.3) is 0 Å². The average molecular weight is 1060 g/mol. The van der Waals surface area contributed by atoms with Gasteiger partial charge in [-0.2, -0.15) is 0 Å². The van der Waals surface area contributed by atoms with Gasteiger partial charge in [0.1, 0.15) is 46.7 Å². The van der Waals surface area contributed by atoms with Crippen LogP contribution in [0.2, 0.25) is 5.15 Å². The second kappa shape index (κ2) is 20.9. The summed E-state index contributed by atoms with van der Waals surface area (Å²) in [6.45, 7) is 5.43. The molecule has 5 N–H and O–H groups in total. The molecule has 75 heavy (non-hydrogen) atoms. The standard InChI is InChI=1S/C27H31FN6O5.C22H23ClFN5O4.CH2O2/c28-20-10-18(38-15-26(29)1-2-26)9-17-7-16(8-19(17)20)12-33-5-3-27(4-6-33)14-34(25(36)39-27)21-11-30-24-23(31-21)32-22(35)13-37-24;1-11-19(24)14-7-12(8-15(14)20(23)25-11)28(2)6-5-13-9-29(22(31)33-13)17-4-3-16-21(26-17)27-18(30)10-32-16;2-1-3/h9-11,16H,1-8,12-15,29H2,(H,31,32,35);3-4,12-13H,5-10H2,1-2H3,(H,26,27,30);1H,(H,2,3). The Bertz CT molecular complexity index is 2930. The van der Waals surface area contributed by atoms with Crippen LogP contribution in [0.4, 0.5) is 41.6 Å². The SMILES string of the molecule is Cc1nc(Cl)c2c(c1F)CC(N(C)CCC1CN(c3ccc4c(n3)NC(=O)CO4)C(=O)O1)C2.NC1(COc2cc(F)c3c(c2)CC(CN2CCC4(CC2)CN(c2cnc5c(n2)NC(=O)CO5)C(=O)O4)C3)CC1.O=CO. The number of nitrogens with two attached hydrogens (primary N) is 1. The summed E-state index contributed by atoms with van der Waals surface area (Å²) in [7, 11) is 1.98. The number of pyridine rings is 2. The van der Waals surface area contributed by atoms with Crippen LogP contribution in [-0.4, -0.2) is 155 Å². The van der Waals surface area contributed by atoms with Crippen molar-refractivity contribution in [3.8, 4) is 17.4 Å². The van der Waals surface area contributed by atoms with Crippen molar-refractivity contribution in [3.05, 3.63) is 75.2 Å². The molecule has 12 rings (SSSR count). The fraction of sp³-hybridized carbons (Fsp3) is 0.500. The molecule has 8 heterocycles. The van der Waals surface area contributed by atoms with Crippen molar-refractivity contribution in [2.75, 3.05) is 86.6 Å². The highest BCUT2D eigenvalue weighted by molar-refractivity contribution is 6.30. The number of anilines is 4. The van der Waals surface area contributed by atoms with Crippen molar-refractivity contribution < 1.29 is 61.5 Å². The van der Waals surface area contributed by atoms with Crippen molar-refractivity contribution in [1.82, 2.24) is 29.7 Å². The molecule has 4 fully saturated rings. The number of aryl methyl sites for hydroxylation is 1. The summed E-state index contributed by atoms with van der Waals surface area (Å²) in [5, 5.41) is 12.5. The topological polar surface area (TPSA) is 266 Å². The Hall–Kier alpha value is -7.02. The normalized spacial score (nSPS) is 22.4. The number of aromatic nitrogens is 4. The second-order valence-electron chi connectivity index (χ2n) is 20.3. The fourth-order valence-corrected chi connectivity index (χ4v) is 10.9. The quantitative estimate of drug-likeness (QED) is 0.119. The first-order chi connectivity index (χ1) is 36.0. The number of ether oxygens (including phenoxy) is 5. The third-order valence-electron chi connectivity index (χ3n) is 14.9. The number of rotatable bonds is 11. The van der Waals surface area contributed by atoms with Crippen LogP contribution in [-0.2, 0) is 49.5 Å². The molecule has 3 atom stereocenters. The molecule has 8 aliphatic rings. The Morgan fingerprint density at radius 2 is 1.64 bits per heavy atom. The number of nitrogens with zero attached hydrogens (tertiary/aromatic N) is 8. The number of benzene rings is 1. The third-order valence-corrected chi connectivity index (χ3v) is 15.2. The van der Waals surface area contributed by atoms with Gasteiger partial charge in [-0.25, -0.2) is 38.3 Å². The lowest BCUT2D eigenvalue weighted by atomic mass is 9.90. The van der Waals surface area contributed by atoms with E-state index < -0.39 is 17.8 Å². The van der Waals surface area contributed by atoms with Gasteiger partial charge in [-0.15, -0.1) is 0 Å². The lowest BCUT2D eigenvalue weighted by Gasteiger charge is -2.38. The molecule has 1 spiro atoms. The van der Waals surface area contributed by atoms with E-state index >= 15 is 0 Å². The van der Waals surface area contributed by atoms with Gasteiger partial charge in [-0.1, -0.05) is 11.6 Å². The number of piperidine rings is 1. The summed E-state index contributed by atoms with van der Waals surface area (Å²) < 4.78 is 57.1. The number of fused-ring (bicyclic) bond motifs is 4. The monoisotopic (exact) mass is 1060 g/mol. The summed E-state index contributed by atoms with van der Waals surface area (Å²) in [5.74, 6) is 1.70. The summed E-state index contributed by atoms with van der Waals surface area (Å²) in [6.07, 6.45) is 6.85. The first-order valence-electron chi connectivity index (χ1n) is 24.8. The minimum absolute atomic E-state index is 0.0591. The molecule has 25 heteroatoms. The van der Waals surface area contributed by atoms with Crippen LogP contribution in [0.5, 0.6) is 17.4 Å². The lowest BCUT2D eigenvalue weighted by molar-refractivity contribution is -0.123. The summed E-state index contributed by atoms with van der Waals surface area (Å²) in [4.78, 5) is 81.2. The van der Waals surface area contributed by atoms with E-state index in [-0.39, 0.29) is 78.3 Å². The number of carbonyl (C=O) groups is 5. The highest BCUT2D eigenvalue weighted by Gasteiger charge is 2.49. The number of carboxylic acid groups (broad SMARTS) is 1. The zero-order chi connectivity index (χ0) is 52.8. The molecule has 22 nitrogen and oxygen atoms in total. The van der Waals surface area contributed by atoms with Crippen LogP contribution >= 0.6 is 11.6 Å². The average Bonchev–Trinajstić information content (AvgIpc) is 3.77. The molecule has 1 aromatic carbocycles. The highest BCUT2D eigenvalue weighted by atomic mass is 35.5. The number of likely N-dealkylation sites (tertiary alicyclic amines) is 1. The molecule has 1 saturated carbocycles. The van der Waals surface area contributed by atoms with Gasteiger partial charge >= 0.3 is 12.2 Å². The number of hydrogen-bond donors (Lipinski definition) is 4. The van der Waals surface area contributed by atoms with Gasteiger partial charge < -0.3 is 55.0 Å². The van der Waals surface area contributed by atoms with Crippen LogP contribution in [0.1, 0.15) is 60.1 Å². The van der Waals surface area contributed by atoms with E-state index in [4.69, 9.17) is 50.9 Å². The number of carbonyl (C=O) groups excluding carboxylic acids is 4. The Morgan fingerprint density at radius 1 is 0.920 bits per heavy atom. The van der Waals surface area contributed by atoms with Crippen molar-refractivity contribution in [2.24, 2.45) is 11.7 Å². The Morgan fingerprint density at radius 3 is 2.40 bits per heavy atom. The van der Waals surface area contributed by atoms with Crippen molar-refractivity contribution in [2.45, 2.75) is 88.0 Å². The van der Waals surface area contributed by atoms with Crippen LogP contribution < -0.4 is 40.4 Å². The maximum Gasteiger partial charge on any atom is 0.416 e. The number of amides is 4. The first kappa shape index (κ1) is 51.5. The molecular formula is C50H56ClF2N11O11. The molecule has 0 radical (unpaired) electrons. The van der Waals surface area contributed by atoms with Crippen molar-refractivity contribution in [3.63, 3.8) is 0 Å². The van der Waals surface area contributed by atoms with E-state index in [2.05, 4.69) is 40.4 Å². The molecule has 4 aromatic rings. The molecule has 4 amide bonds. The van der Waals surface area contributed by atoms with Gasteiger partial charge in [0.05, 0.1) is 30.5 Å². The number of hydrogen-bond acceptors (Lipinski definition) is 17. The van der Waals surface area contributed by atoms with Crippen molar-refractivity contribution in [1.29, 1.82) is 0 Å². The molecule has 3 unspecified atom stereocenters. The predicted molar refractivity (Wildman–Crippen MR) is 264 cm³/mol. The van der Waals surface area contributed by atoms with Gasteiger partial charge in [0, 0.05) is 51.1 Å². The molecular weight excluding hydrogens is 1000 g/mol. The van der Waals surface area contributed by atoms with E-state index in [0.29, 0.717) is 110 Å². The number of nitrogens with one attached hydrogen (secondary N) is 2. The smallest absolute Gasteiger partial charge is 0.416 e. The predicted octanol–water partition coefficient (Wildman–Crippen LogP) is 4.45. The molecule has 3 saturated heterocycles. The maximum atomic E-state index is 14.8. The largest absolute Gasteiger partial charge is 0.492 e. The van der Waals surface area contributed by atoms with Crippen LogP contribution in [0, 0.1) is 24.5 Å².